The van der Waals surface area contributed by atoms with Crippen LogP contribution in [0.2, 0.25) is 0 Å². The third-order valence-electron chi connectivity index (χ3n) is 1.88. The quantitative estimate of drug-likeness (QED) is 0.832. The average molecular weight is 244 g/mol. The molecule has 1 aromatic carbocycles. The average Bonchev–Trinajstić information content (AvgIpc) is 2.17. The molecule has 0 saturated carbocycles. The van der Waals surface area contributed by atoms with E-state index in [1.54, 1.807) is 0 Å². The predicted molar refractivity (Wildman–Crippen MR) is 57.9 cm³/mol. The highest BCUT2D eigenvalue weighted by molar-refractivity contribution is 7.90. The summed E-state index contributed by atoms with van der Waals surface area (Å²) in [4.78, 5) is 10.6. The molecule has 16 heavy (non-hydrogen) atoms. The van der Waals surface area contributed by atoms with Crippen LogP contribution in [0.3, 0.4) is 0 Å². The van der Waals surface area contributed by atoms with E-state index in [0.717, 1.165) is 0 Å². The molecule has 0 atom stereocenters. The third kappa shape index (κ3) is 3.63. The zero-order valence-electron chi connectivity index (χ0n) is 8.71. The Kier molecular flexibility index (Phi) is 4.03. The maximum atomic E-state index is 11.4. The van der Waals surface area contributed by atoms with Crippen molar-refractivity contribution in [1.29, 1.82) is 0 Å². The van der Waals surface area contributed by atoms with Crippen molar-refractivity contribution in [2.45, 2.75) is 5.75 Å². The van der Waals surface area contributed by atoms with Crippen molar-refractivity contribution in [3.05, 3.63) is 35.4 Å². The third-order valence-corrected chi connectivity index (χ3v) is 3.25. The standard InChI is InChI=1S/C10H12O5S/c1-15-7-16(13,14)6-8-2-4-9(5-3-8)10(11)12/h2-5H,6-7H2,1H3,(H,11,12). The van der Waals surface area contributed by atoms with Crippen molar-refractivity contribution in [3.8, 4) is 0 Å². The molecule has 0 heterocycles. The van der Waals surface area contributed by atoms with E-state index in [1.165, 1.54) is 31.4 Å². The highest BCUT2D eigenvalue weighted by atomic mass is 32.2. The van der Waals surface area contributed by atoms with Gasteiger partial charge in [0.2, 0.25) is 0 Å². The van der Waals surface area contributed by atoms with Crippen molar-refractivity contribution in [2.24, 2.45) is 0 Å². The van der Waals surface area contributed by atoms with Gasteiger partial charge >= 0.3 is 5.97 Å². The summed E-state index contributed by atoms with van der Waals surface area (Å²) in [6.45, 7) is 0. The van der Waals surface area contributed by atoms with Crippen molar-refractivity contribution in [2.75, 3.05) is 13.0 Å². The van der Waals surface area contributed by atoms with Gasteiger partial charge in [-0.25, -0.2) is 13.2 Å². The lowest BCUT2D eigenvalue weighted by molar-refractivity contribution is 0.0697. The van der Waals surface area contributed by atoms with Gasteiger partial charge in [0.05, 0.1) is 11.3 Å². The fraction of sp³-hybridized carbons (Fsp3) is 0.300. The molecule has 0 aliphatic heterocycles. The number of methoxy groups -OCH3 is 1. The van der Waals surface area contributed by atoms with Crippen LogP contribution in [0.15, 0.2) is 24.3 Å². The fourth-order valence-corrected chi connectivity index (χ4v) is 2.36. The van der Waals surface area contributed by atoms with E-state index in [1.807, 2.05) is 0 Å². The molecule has 0 bridgehead atoms. The number of hydrogen-bond donors (Lipinski definition) is 1. The summed E-state index contributed by atoms with van der Waals surface area (Å²) < 4.78 is 27.3. The summed E-state index contributed by atoms with van der Waals surface area (Å²) in [5.74, 6) is -1.53. The number of benzene rings is 1. The minimum Gasteiger partial charge on any atom is -0.478 e. The zero-order valence-corrected chi connectivity index (χ0v) is 9.53. The highest BCUT2D eigenvalue weighted by Gasteiger charge is 2.11. The first-order valence-electron chi connectivity index (χ1n) is 4.46. The molecular weight excluding hydrogens is 232 g/mol. The number of aromatic carboxylic acids is 1. The molecule has 0 radical (unpaired) electrons. The van der Waals surface area contributed by atoms with Gasteiger partial charge in [-0.15, -0.1) is 0 Å². The van der Waals surface area contributed by atoms with Gasteiger partial charge in [-0.1, -0.05) is 12.1 Å². The summed E-state index contributed by atoms with van der Waals surface area (Å²) in [5.41, 5.74) is 0.676. The monoisotopic (exact) mass is 244 g/mol. The number of carbonyl (C=O) groups is 1. The molecule has 0 saturated heterocycles. The van der Waals surface area contributed by atoms with E-state index >= 15 is 0 Å². The lowest BCUT2D eigenvalue weighted by Crippen LogP contribution is -2.10. The van der Waals surface area contributed by atoms with Gasteiger partial charge in [0, 0.05) is 7.11 Å². The van der Waals surface area contributed by atoms with Gasteiger partial charge in [0.1, 0.15) is 5.94 Å². The Bertz CT molecular complexity index is 460. The van der Waals surface area contributed by atoms with E-state index in [-0.39, 0.29) is 17.3 Å². The van der Waals surface area contributed by atoms with Crippen LogP contribution in [-0.4, -0.2) is 32.5 Å². The second-order valence-electron chi connectivity index (χ2n) is 3.30. The van der Waals surface area contributed by atoms with Crippen LogP contribution in [0.4, 0.5) is 0 Å². The fourth-order valence-electron chi connectivity index (χ4n) is 1.22. The van der Waals surface area contributed by atoms with E-state index in [9.17, 15) is 13.2 Å². The molecule has 0 aliphatic carbocycles. The van der Waals surface area contributed by atoms with E-state index in [2.05, 4.69) is 4.74 Å². The normalized spacial score (nSPS) is 11.3. The molecule has 6 heteroatoms. The molecule has 0 aromatic heterocycles. The molecule has 0 spiro atoms. The van der Waals surface area contributed by atoms with Crippen molar-refractivity contribution < 1.29 is 23.1 Å². The molecular formula is C10H12O5S. The topological polar surface area (TPSA) is 80.7 Å². The Morgan fingerprint density at radius 1 is 1.31 bits per heavy atom. The van der Waals surface area contributed by atoms with Crippen LogP contribution in [0.25, 0.3) is 0 Å². The number of ether oxygens (including phenoxy) is 1. The number of carboxylic acid groups (broad SMARTS) is 1. The van der Waals surface area contributed by atoms with Gasteiger partial charge in [-0.2, -0.15) is 0 Å². The molecule has 0 fully saturated rings. The maximum Gasteiger partial charge on any atom is 0.335 e. The Balaban J connectivity index is 2.80. The van der Waals surface area contributed by atoms with Crippen molar-refractivity contribution >= 4 is 15.8 Å². The second-order valence-corrected chi connectivity index (χ2v) is 5.31. The molecule has 88 valence electrons. The van der Waals surface area contributed by atoms with E-state index in [4.69, 9.17) is 5.11 Å². The predicted octanol–water partition coefficient (Wildman–Crippen LogP) is 0.904. The van der Waals surface area contributed by atoms with Crippen LogP contribution in [-0.2, 0) is 20.3 Å². The Morgan fingerprint density at radius 2 is 1.88 bits per heavy atom. The van der Waals surface area contributed by atoms with Crippen LogP contribution in [0, 0.1) is 0 Å². The van der Waals surface area contributed by atoms with Crippen molar-refractivity contribution in [1.82, 2.24) is 0 Å². The molecule has 0 amide bonds. The van der Waals surface area contributed by atoms with E-state index in [0.29, 0.717) is 5.56 Å². The maximum absolute atomic E-state index is 11.4. The first kappa shape index (κ1) is 12.7. The van der Waals surface area contributed by atoms with Crippen LogP contribution < -0.4 is 0 Å². The molecule has 1 N–H and O–H groups in total. The molecule has 1 aromatic rings. The summed E-state index contributed by atoms with van der Waals surface area (Å²) in [6.07, 6.45) is 0. The van der Waals surface area contributed by atoms with Gasteiger partial charge in [-0.3, -0.25) is 0 Å². The van der Waals surface area contributed by atoms with Crippen LogP contribution in [0.5, 0.6) is 0 Å². The summed E-state index contributed by atoms with van der Waals surface area (Å²) in [7, 11) is -1.98. The van der Waals surface area contributed by atoms with Gasteiger partial charge < -0.3 is 9.84 Å². The summed E-state index contributed by atoms with van der Waals surface area (Å²) in [5, 5.41) is 8.65. The zero-order chi connectivity index (χ0) is 12.2. The summed E-state index contributed by atoms with van der Waals surface area (Å²) >= 11 is 0. The van der Waals surface area contributed by atoms with Gasteiger partial charge in [-0.05, 0) is 17.7 Å². The lowest BCUT2D eigenvalue weighted by atomic mass is 10.1. The SMILES string of the molecule is COCS(=O)(=O)Cc1ccc(C(=O)O)cc1. The molecule has 5 nitrogen and oxygen atoms in total. The molecule has 0 unspecified atom stereocenters. The Labute approximate surface area is 93.6 Å². The number of sulfone groups is 1. The van der Waals surface area contributed by atoms with Crippen LogP contribution >= 0.6 is 0 Å². The minimum absolute atomic E-state index is 0.132. The first-order valence-corrected chi connectivity index (χ1v) is 6.28. The van der Waals surface area contributed by atoms with Gasteiger partial charge in [0.15, 0.2) is 9.84 Å². The number of rotatable bonds is 5. The second kappa shape index (κ2) is 5.09. The lowest BCUT2D eigenvalue weighted by Gasteiger charge is -2.03. The summed E-state index contributed by atoms with van der Waals surface area (Å²) in [6, 6.07) is 5.72. The van der Waals surface area contributed by atoms with E-state index < -0.39 is 15.8 Å². The molecule has 0 aliphatic rings. The Hall–Kier alpha value is -1.40. The molecule has 1 rings (SSSR count). The Morgan fingerprint density at radius 3 is 2.31 bits per heavy atom. The number of carboxylic acids is 1. The smallest absolute Gasteiger partial charge is 0.335 e. The first-order chi connectivity index (χ1) is 7.44. The van der Waals surface area contributed by atoms with Crippen molar-refractivity contribution in [3.63, 3.8) is 0 Å². The largest absolute Gasteiger partial charge is 0.478 e. The van der Waals surface area contributed by atoms with Gasteiger partial charge in [0.25, 0.3) is 0 Å². The van der Waals surface area contributed by atoms with Crippen LogP contribution in [0.1, 0.15) is 15.9 Å². The number of hydrogen-bond acceptors (Lipinski definition) is 4. The minimum atomic E-state index is -3.29. The highest BCUT2D eigenvalue weighted by Crippen LogP contribution is 2.09.